The number of aromatic amines is 1. The predicted molar refractivity (Wildman–Crippen MR) is 109 cm³/mol. The first-order valence-corrected chi connectivity index (χ1v) is 10.5. The van der Waals surface area contributed by atoms with Gasteiger partial charge in [-0.2, -0.15) is 36.3 Å². The third kappa shape index (κ3) is 4.64. The Labute approximate surface area is 193 Å². The molecule has 0 bridgehead atoms. The maximum absolute atomic E-state index is 13.3. The van der Waals surface area contributed by atoms with E-state index in [2.05, 4.69) is 19.9 Å². The van der Waals surface area contributed by atoms with Gasteiger partial charge in [0.25, 0.3) is 0 Å². The summed E-state index contributed by atoms with van der Waals surface area (Å²) >= 11 is 6.10. The van der Waals surface area contributed by atoms with E-state index in [1.165, 1.54) is 4.90 Å². The van der Waals surface area contributed by atoms with Crippen molar-refractivity contribution >= 4 is 28.5 Å². The number of nitrogens with zero attached hydrogens (tertiary/aromatic N) is 4. The number of H-pyrrole nitrogens is 1. The van der Waals surface area contributed by atoms with Crippen LogP contribution in [0.15, 0.2) is 18.2 Å². The maximum Gasteiger partial charge on any atom is 0.451 e. The number of aromatic nitrogens is 4. The van der Waals surface area contributed by atoms with Gasteiger partial charge in [-0.1, -0.05) is 11.6 Å². The van der Waals surface area contributed by atoms with Crippen LogP contribution < -0.4 is 4.90 Å². The van der Waals surface area contributed by atoms with Crippen molar-refractivity contribution in [1.29, 1.82) is 0 Å². The van der Waals surface area contributed by atoms with E-state index >= 15 is 0 Å². The molecule has 3 aromatic rings. The summed E-state index contributed by atoms with van der Waals surface area (Å²) in [4.78, 5) is 13.6. The summed E-state index contributed by atoms with van der Waals surface area (Å²) in [6.07, 6.45) is -10.2. The Bertz CT molecular complexity index is 1160. The number of benzene rings is 1. The van der Waals surface area contributed by atoms with Crippen LogP contribution in [0, 0.1) is 5.92 Å². The molecule has 0 saturated heterocycles. The third-order valence-electron chi connectivity index (χ3n) is 5.67. The number of hydrogen-bond donors (Lipinski definition) is 3. The number of rotatable bonds is 5. The fourth-order valence-corrected chi connectivity index (χ4v) is 4.26. The Morgan fingerprint density at radius 3 is 2.21 bits per heavy atom. The molecule has 1 unspecified atom stereocenters. The molecule has 2 aromatic heterocycles. The van der Waals surface area contributed by atoms with Crippen molar-refractivity contribution in [1.82, 2.24) is 19.9 Å². The largest absolute Gasteiger partial charge is 0.451 e. The van der Waals surface area contributed by atoms with Gasteiger partial charge in [-0.3, -0.25) is 0 Å². The second-order valence-electron chi connectivity index (χ2n) is 7.91. The van der Waals surface area contributed by atoms with E-state index in [1.807, 2.05) is 0 Å². The molecule has 0 amide bonds. The fraction of sp³-hybridized carbons (Fsp3) is 0.450. The highest BCUT2D eigenvalue weighted by molar-refractivity contribution is 6.31. The lowest BCUT2D eigenvalue weighted by molar-refractivity contribution is -0.155. The number of anilines is 1. The molecule has 0 aliphatic carbocycles. The quantitative estimate of drug-likeness (QED) is 0.447. The van der Waals surface area contributed by atoms with Gasteiger partial charge in [-0.15, -0.1) is 0 Å². The lowest BCUT2D eigenvalue weighted by Crippen LogP contribution is -2.39. The Hall–Kier alpha value is -2.64. The van der Waals surface area contributed by atoms with Gasteiger partial charge in [0.2, 0.25) is 17.6 Å². The van der Waals surface area contributed by atoms with Crippen LogP contribution in [-0.2, 0) is 18.8 Å². The van der Waals surface area contributed by atoms with E-state index in [-0.39, 0.29) is 19.4 Å². The number of alkyl halides is 6. The smallest absolute Gasteiger partial charge is 0.396 e. The molecule has 7 nitrogen and oxygen atoms in total. The van der Waals surface area contributed by atoms with E-state index < -0.39 is 55.1 Å². The number of halogens is 7. The van der Waals surface area contributed by atoms with Crippen LogP contribution in [0.25, 0.3) is 10.9 Å². The van der Waals surface area contributed by atoms with Crippen molar-refractivity contribution < 1.29 is 36.6 Å². The molecule has 14 heteroatoms. The topological polar surface area (TPSA) is 98.2 Å². The molecule has 1 aliphatic heterocycles. The first kappa shape index (κ1) is 24.5. The minimum absolute atomic E-state index is 0.00887. The standard InChI is InChI=1S/C20H18ClF6N5O2/c21-10-1-2-13-12(6-10)11-3-4-32(14(15(11)28-13)5-9(7-33)8-34)18-30-16(19(22,23)24)29-17(31-18)20(25,26)27/h1-2,6,9,14,28,33-34H,3-5,7-8H2. The minimum atomic E-state index is -5.23. The third-order valence-corrected chi connectivity index (χ3v) is 5.91. The van der Waals surface area contributed by atoms with Crippen molar-refractivity contribution in [2.45, 2.75) is 31.2 Å². The van der Waals surface area contributed by atoms with Gasteiger partial charge in [0, 0.05) is 47.3 Å². The zero-order valence-electron chi connectivity index (χ0n) is 17.3. The second kappa shape index (κ2) is 8.86. The van der Waals surface area contributed by atoms with Crippen LogP contribution in [0.5, 0.6) is 0 Å². The lowest BCUT2D eigenvalue weighted by Gasteiger charge is -2.37. The molecule has 1 aliphatic rings. The van der Waals surface area contributed by atoms with E-state index in [9.17, 15) is 36.6 Å². The number of fused-ring (bicyclic) bond motifs is 3. The molecule has 0 saturated carbocycles. The lowest BCUT2D eigenvalue weighted by atomic mass is 9.91. The number of nitrogens with one attached hydrogen (secondary N) is 1. The van der Waals surface area contributed by atoms with Crippen LogP contribution in [0.1, 0.15) is 35.4 Å². The highest BCUT2D eigenvalue weighted by atomic mass is 35.5. The molecular weight excluding hydrogens is 492 g/mol. The summed E-state index contributed by atoms with van der Waals surface area (Å²) in [6, 6.07) is 4.20. The van der Waals surface area contributed by atoms with E-state index in [4.69, 9.17) is 11.6 Å². The zero-order valence-corrected chi connectivity index (χ0v) is 18.0. The minimum Gasteiger partial charge on any atom is -0.396 e. The van der Waals surface area contributed by atoms with Gasteiger partial charge >= 0.3 is 12.4 Å². The summed E-state index contributed by atoms with van der Waals surface area (Å²) in [7, 11) is 0. The SMILES string of the molecule is OCC(CO)CC1c2[nH]c3ccc(Cl)cc3c2CCN1c1nc(C(F)(F)F)nc(C(F)(F)F)n1. The molecule has 3 heterocycles. The van der Waals surface area contributed by atoms with Gasteiger partial charge < -0.3 is 20.1 Å². The molecule has 1 atom stereocenters. The molecule has 0 spiro atoms. The average Bonchev–Trinajstić information content (AvgIpc) is 3.14. The summed E-state index contributed by atoms with van der Waals surface area (Å²) < 4.78 is 79.9. The van der Waals surface area contributed by atoms with Crippen LogP contribution in [0.4, 0.5) is 32.3 Å². The molecular formula is C20H18ClF6N5O2. The molecule has 0 fully saturated rings. The normalized spacial score (nSPS) is 17.0. The Morgan fingerprint density at radius 1 is 1.03 bits per heavy atom. The highest BCUT2D eigenvalue weighted by Crippen LogP contribution is 2.41. The van der Waals surface area contributed by atoms with Gasteiger partial charge in [0.1, 0.15) is 0 Å². The number of aliphatic hydroxyl groups is 2. The average molecular weight is 510 g/mol. The summed E-state index contributed by atoms with van der Waals surface area (Å²) in [6.45, 7) is -0.901. The molecule has 0 radical (unpaired) electrons. The van der Waals surface area contributed by atoms with Crippen molar-refractivity contribution in [2.24, 2.45) is 5.92 Å². The van der Waals surface area contributed by atoms with Gasteiger partial charge in [-0.05, 0) is 36.6 Å². The van der Waals surface area contributed by atoms with Crippen LogP contribution in [-0.4, -0.2) is 49.9 Å². The Balaban J connectivity index is 1.88. The first-order chi connectivity index (χ1) is 15.9. The van der Waals surface area contributed by atoms with E-state index in [0.29, 0.717) is 16.2 Å². The van der Waals surface area contributed by atoms with Gasteiger partial charge in [0.05, 0.1) is 6.04 Å². The second-order valence-corrected chi connectivity index (χ2v) is 8.35. The first-order valence-electron chi connectivity index (χ1n) is 10.1. The summed E-state index contributed by atoms with van der Waals surface area (Å²) in [5, 5.41) is 20.4. The van der Waals surface area contributed by atoms with E-state index in [1.54, 1.807) is 18.2 Å². The molecule has 34 heavy (non-hydrogen) atoms. The van der Waals surface area contributed by atoms with Crippen LogP contribution in [0.2, 0.25) is 5.02 Å². The van der Waals surface area contributed by atoms with Gasteiger partial charge in [0.15, 0.2) is 0 Å². The van der Waals surface area contributed by atoms with Crippen molar-refractivity contribution in [3.8, 4) is 0 Å². The molecule has 1 aromatic carbocycles. The monoisotopic (exact) mass is 509 g/mol. The number of aliphatic hydroxyl groups excluding tert-OH is 2. The van der Waals surface area contributed by atoms with Crippen molar-refractivity contribution in [2.75, 3.05) is 24.7 Å². The van der Waals surface area contributed by atoms with Crippen LogP contribution in [0.3, 0.4) is 0 Å². The maximum atomic E-state index is 13.3. The number of hydrogen-bond acceptors (Lipinski definition) is 6. The summed E-state index contributed by atoms with van der Waals surface area (Å²) in [5.41, 5.74) is 1.97. The fourth-order valence-electron chi connectivity index (χ4n) is 4.09. The Kier molecular flexibility index (Phi) is 6.38. The van der Waals surface area contributed by atoms with E-state index in [0.717, 1.165) is 10.9 Å². The zero-order chi connectivity index (χ0) is 24.8. The van der Waals surface area contributed by atoms with Crippen LogP contribution >= 0.6 is 11.6 Å². The van der Waals surface area contributed by atoms with Crippen molar-refractivity contribution in [3.05, 3.63) is 46.1 Å². The Morgan fingerprint density at radius 2 is 1.65 bits per heavy atom. The molecule has 4 rings (SSSR count). The predicted octanol–water partition coefficient (Wildman–Crippen LogP) is 4.14. The highest BCUT2D eigenvalue weighted by Gasteiger charge is 2.43. The summed E-state index contributed by atoms with van der Waals surface area (Å²) in [5.74, 6) is -5.41. The molecule has 184 valence electrons. The van der Waals surface area contributed by atoms with Gasteiger partial charge in [-0.25, -0.2) is 4.98 Å². The molecule has 3 N–H and O–H groups in total. The van der Waals surface area contributed by atoms with Crippen molar-refractivity contribution in [3.63, 3.8) is 0 Å².